The lowest BCUT2D eigenvalue weighted by Gasteiger charge is -2.27. The third-order valence-corrected chi connectivity index (χ3v) is 3.76. The predicted octanol–water partition coefficient (Wildman–Crippen LogP) is 3.50. The van der Waals surface area contributed by atoms with Crippen molar-refractivity contribution >= 4 is 11.6 Å². The molecule has 0 aromatic heterocycles. The average molecular weight is 283 g/mol. The van der Waals surface area contributed by atoms with E-state index in [1.54, 1.807) is 31.2 Å². The second kappa shape index (κ2) is 5.87. The Morgan fingerprint density at radius 2 is 1.95 bits per heavy atom. The number of rotatable bonds is 3. The number of hydrogen-bond acceptors (Lipinski definition) is 2. The van der Waals surface area contributed by atoms with Crippen LogP contribution in [0.1, 0.15) is 44.3 Å². The lowest BCUT2D eigenvalue weighted by atomic mass is 9.86. The van der Waals surface area contributed by atoms with Crippen LogP contribution >= 0.6 is 0 Å². The van der Waals surface area contributed by atoms with Crippen LogP contribution in [0.15, 0.2) is 24.3 Å². The first kappa shape index (κ1) is 14.9. The summed E-state index contributed by atoms with van der Waals surface area (Å²) in [5.74, 6) is -3.25. The minimum Gasteiger partial charge on any atom is -0.389 e. The molecule has 1 unspecified atom stereocenters. The fourth-order valence-corrected chi connectivity index (χ4v) is 2.51. The van der Waals surface area contributed by atoms with E-state index < -0.39 is 12.0 Å². The van der Waals surface area contributed by atoms with Gasteiger partial charge in [0.2, 0.25) is 11.8 Å². The second-order valence-electron chi connectivity index (χ2n) is 5.38. The van der Waals surface area contributed by atoms with E-state index in [4.69, 9.17) is 0 Å². The molecule has 2 rings (SSSR count). The van der Waals surface area contributed by atoms with Crippen LogP contribution in [0.4, 0.5) is 14.5 Å². The zero-order valence-electron chi connectivity index (χ0n) is 11.4. The van der Waals surface area contributed by atoms with Gasteiger partial charge in [-0.15, -0.1) is 0 Å². The molecule has 1 amide bonds. The molecule has 3 nitrogen and oxygen atoms in total. The Balaban J connectivity index is 2.02. The number of carbonyl (C=O) groups excluding carboxylic acids is 1. The van der Waals surface area contributed by atoms with Crippen molar-refractivity contribution in [1.29, 1.82) is 0 Å². The number of anilines is 1. The molecule has 110 valence electrons. The Morgan fingerprint density at radius 1 is 1.35 bits per heavy atom. The summed E-state index contributed by atoms with van der Waals surface area (Å²) in [7, 11) is 0. The maximum atomic E-state index is 13.1. The van der Waals surface area contributed by atoms with E-state index in [0.717, 1.165) is 0 Å². The van der Waals surface area contributed by atoms with Crippen LogP contribution < -0.4 is 5.32 Å². The minimum absolute atomic E-state index is 0.204. The number of aliphatic hydroxyl groups excluding tert-OH is 1. The molecule has 0 spiro atoms. The number of carbonyl (C=O) groups is 1. The lowest BCUT2D eigenvalue weighted by Crippen LogP contribution is -2.32. The number of para-hydroxylation sites is 1. The van der Waals surface area contributed by atoms with Gasteiger partial charge in [0, 0.05) is 30.0 Å². The summed E-state index contributed by atoms with van der Waals surface area (Å²) in [5.41, 5.74) is 1.17. The van der Waals surface area contributed by atoms with Crippen molar-refractivity contribution in [1.82, 2.24) is 0 Å². The van der Waals surface area contributed by atoms with Crippen LogP contribution in [0.5, 0.6) is 0 Å². The van der Waals surface area contributed by atoms with Crippen molar-refractivity contribution in [3.05, 3.63) is 29.8 Å². The highest BCUT2D eigenvalue weighted by Gasteiger charge is 2.37. The fourth-order valence-electron chi connectivity index (χ4n) is 2.51. The molecule has 1 aromatic rings. The molecule has 0 bridgehead atoms. The van der Waals surface area contributed by atoms with E-state index in [2.05, 4.69) is 5.32 Å². The Kier molecular flexibility index (Phi) is 4.38. The highest BCUT2D eigenvalue weighted by atomic mass is 19.3. The smallest absolute Gasteiger partial charge is 0.248 e. The highest BCUT2D eigenvalue weighted by molar-refractivity contribution is 5.93. The first-order chi connectivity index (χ1) is 9.39. The van der Waals surface area contributed by atoms with E-state index >= 15 is 0 Å². The number of nitrogens with one attached hydrogen (secondary N) is 1. The Bertz CT molecular complexity index is 479. The number of benzene rings is 1. The highest BCUT2D eigenvalue weighted by Crippen LogP contribution is 2.36. The van der Waals surface area contributed by atoms with E-state index in [1.807, 2.05) is 0 Å². The van der Waals surface area contributed by atoms with Gasteiger partial charge in [0.25, 0.3) is 0 Å². The monoisotopic (exact) mass is 283 g/mol. The molecule has 20 heavy (non-hydrogen) atoms. The quantitative estimate of drug-likeness (QED) is 0.892. The third-order valence-electron chi connectivity index (χ3n) is 3.76. The van der Waals surface area contributed by atoms with Crippen LogP contribution in [0.3, 0.4) is 0 Å². The van der Waals surface area contributed by atoms with Crippen molar-refractivity contribution in [3.63, 3.8) is 0 Å². The van der Waals surface area contributed by atoms with Crippen LogP contribution in [0, 0.1) is 5.92 Å². The van der Waals surface area contributed by atoms with E-state index in [1.165, 1.54) is 0 Å². The zero-order valence-corrected chi connectivity index (χ0v) is 11.4. The van der Waals surface area contributed by atoms with Gasteiger partial charge in [-0.1, -0.05) is 18.2 Å². The Labute approximate surface area is 117 Å². The number of alkyl halides is 2. The molecule has 0 aliphatic heterocycles. The SMILES string of the molecule is CC(O)c1ccccc1NC(=O)C1CCC(F)(F)CC1. The van der Waals surface area contributed by atoms with Gasteiger partial charge in [0.1, 0.15) is 0 Å². The molecule has 0 saturated heterocycles. The van der Waals surface area contributed by atoms with Gasteiger partial charge >= 0.3 is 0 Å². The number of halogens is 2. The molecule has 2 N–H and O–H groups in total. The summed E-state index contributed by atoms with van der Waals surface area (Å²) in [6.45, 7) is 1.62. The van der Waals surface area contributed by atoms with Crippen molar-refractivity contribution in [2.45, 2.75) is 44.6 Å². The van der Waals surface area contributed by atoms with Crippen LogP contribution in [-0.2, 0) is 4.79 Å². The van der Waals surface area contributed by atoms with Gasteiger partial charge < -0.3 is 10.4 Å². The molecule has 1 aliphatic rings. The van der Waals surface area contributed by atoms with E-state index in [0.29, 0.717) is 11.3 Å². The second-order valence-corrected chi connectivity index (χ2v) is 5.38. The van der Waals surface area contributed by atoms with Crippen molar-refractivity contribution in [2.75, 3.05) is 5.32 Å². The first-order valence-corrected chi connectivity index (χ1v) is 6.85. The van der Waals surface area contributed by atoms with E-state index in [-0.39, 0.29) is 37.5 Å². The van der Waals surface area contributed by atoms with E-state index in [9.17, 15) is 18.7 Å². The average Bonchev–Trinajstić information content (AvgIpc) is 2.38. The molecular weight excluding hydrogens is 264 g/mol. The van der Waals surface area contributed by atoms with Gasteiger partial charge in [-0.2, -0.15) is 0 Å². The molecule has 0 heterocycles. The maximum Gasteiger partial charge on any atom is 0.248 e. The van der Waals surface area contributed by atoms with Gasteiger partial charge in [0.15, 0.2) is 0 Å². The molecule has 0 radical (unpaired) electrons. The van der Waals surface area contributed by atoms with Gasteiger partial charge in [-0.05, 0) is 25.8 Å². The first-order valence-electron chi connectivity index (χ1n) is 6.85. The summed E-state index contributed by atoms with van der Waals surface area (Å²) in [6.07, 6.45) is -0.750. The molecule has 1 aromatic carbocycles. The summed E-state index contributed by atoms with van der Waals surface area (Å²) in [5, 5.41) is 12.4. The van der Waals surface area contributed by atoms with Gasteiger partial charge in [0.05, 0.1) is 6.10 Å². The summed E-state index contributed by atoms with van der Waals surface area (Å²) >= 11 is 0. The summed E-state index contributed by atoms with van der Waals surface area (Å²) in [4.78, 5) is 12.1. The van der Waals surface area contributed by atoms with Crippen molar-refractivity contribution < 1.29 is 18.7 Å². The number of aliphatic hydroxyl groups is 1. The zero-order chi connectivity index (χ0) is 14.8. The van der Waals surface area contributed by atoms with Gasteiger partial charge in [-0.25, -0.2) is 8.78 Å². The fraction of sp³-hybridized carbons (Fsp3) is 0.533. The third kappa shape index (κ3) is 3.54. The number of hydrogen-bond donors (Lipinski definition) is 2. The van der Waals surface area contributed by atoms with Gasteiger partial charge in [-0.3, -0.25) is 4.79 Å². The summed E-state index contributed by atoms with van der Waals surface area (Å²) < 4.78 is 26.1. The molecule has 5 heteroatoms. The topological polar surface area (TPSA) is 49.3 Å². The largest absolute Gasteiger partial charge is 0.389 e. The molecule has 1 atom stereocenters. The lowest BCUT2D eigenvalue weighted by molar-refractivity contribution is -0.124. The predicted molar refractivity (Wildman–Crippen MR) is 72.6 cm³/mol. The van der Waals surface area contributed by atoms with Crippen LogP contribution in [-0.4, -0.2) is 16.9 Å². The molecule has 1 saturated carbocycles. The Morgan fingerprint density at radius 3 is 2.55 bits per heavy atom. The standard InChI is InChI=1S/C15H19F2NO2/c1-10(19)12-4-2-3-5-13(12)18-14(20)11-6-8-15(16,17)9-7-11/h2-5,10-11,19H,6-9H2,1H3,(H,18,20). The Hall–Kier alpha value is -1.49. The van der Waals surface area contributed by atoms with Crippen molar-refractivity contribution in [3.8, 4) is 0 Å². The maximum absolute atomic E-state index is 13.1. The van der Waals surface area contributed by atoms with Crippen LogP contribution in [0.25, 0.3) is 0 Å². The molecule has 1 aliphatic carbocycles. The molecular formula is C15H19F2NO2. The van der Waals surface area contributed by atoms with Crippen LogP contribution in [0.2, 0.25) is 0 Å². The summed E-state index contributed by atoms with van der Waals surface area (Å²) in [6, 6.07) is 6.97. The molecule has 1 fully saturated rings. The van der Waals surface area contributed by atoms with Crippen molar-refractivity contribution in [2.24, 2.45) is 5.92 Å². The normalized spacial score (nSPS) is 20.4. The number of amides is 1. The minimum atomic E-state index is -2.63.